The number of rotatable bonds is 12. The molecule has 0 saturated heterocycles. The molecule has 0 N–H and O–H groups in total. The van der Waals surface area contributed by atoms with E-state index in [4.69, 9.17) is 17.7 Å². The molecule has 126 valence electrons. The zero-order valence-electron chi connectivity index (χ0n) is 13.4. The first kappa shape index (κ1) is 21.3. The summed E-state index contributed by atoms with van der Waals surface area (Å²) in [7, 11) is -3.35. The van der Waals surface area contributed by atoms with E-state index < -0.39 is 9.05 Å². The Morgan fingerprint density at radius 3 is 1.86 bits per heavy atom. The third-order valence-corrected chi connectivity index (χ3v) is 6.21. The monoisotopic (exact) mass is 356 g/mol. The molecule has 0 aromatic carbocycles. The van der Waals surface area contributed by atoms with Crippen LogP contribution in [0.15, 0.2) is 0 Å². The number of hydrogen-bond acceptors (Lipinski definition) is 7. The molecule has 21 heavy (non-hydrogen) atoms. The van der Waals surface area contributed by atoms with Crippen molar-refractivity contribution in [3.63, 3.8) is 0 Å². The fourth-order valence-corrected chi connectivity index (χ4v) is 3.81. The highest BCUT2D eigenvalue weighted by Gasteiger charge is 2.49. The molecule has 0 fully saturated rings. The average molecular weight is 357 g/mol. The van der Waals surface area contributed by atoms with E-state index in [-0.39, 0.29) is 16.5 Å². The quantitative estimate of drug-likeness (QED) is 0.319. The molecule has 0 heterocycles. The van der Waals surface area contributed by atoms with E-state index in [0.29, 0.717) is 26.2 Å². The standard InChI is InChI=1S/C13H28O5S2Si/c1-5-13(19,20)11-9-10-12(14)18-21(15-6-2,16-7-3)17-8-4/h19-20H,5-11H2,1-4H3. The van der Waals surface area contributed by atoms with Crippen LogP contribution in [-0.2, 0) is 22.5 Å². The fourth-order valence-electron chi connectivity index (χ4n) is 1.63. The minimum Gasteiger partial charge on any atom is -0.452 e. The van der Waals surface area contributed by atoms with Crippen LogP contribution in [0.2, 0.25) is 0 Å². The molecule has 0 aromatic heterocycles. The van der Waals surface area contributed by atoms with Crippen LogP contribution in [0.3, 0.4) is 0 Å². The Morgan fingerprint density at radius 2 is 1.48 bits per heavy atom. The lowest BCUT2D eigenvalue weighted by molar-refractivity contribution is -0.144. The third kappa shape index (κ3) is 9.10. The van der Waals surface area contributed by atoms with Gasteiger partial charge < -0.3 is 17.7 Å². The van der Waals surface area contributed by atoms with Crippen molar-refractivity contribution in [2.24, 2.45) is 0 Å². The summed E-state index contributed by atoms with van der Waals surface area (Å²) in [5.41, 5.74) is 0. The molecule has 0 bridgehead atoms. The summed E-state index contributed by atoms with van der Waals surface area (Å²) in [6.07, 6.45) is 2.46. The van der Waals surface area contributed by atoms with Gasteiger partial charge in [0.25, 0.3) is 5.97 Å². The maximum atomic E-state index is 12.0. The predicted octanol–water partition coefficient (Wildman–Crippen LogP) is 3.21. The maximum Gasteiger partial charge on any atom is 0.751 e. The molecule has 0 aliphatic heterocycles. The van der Waals surface area contributed by atoms with Gasteiger partial charge in [-0.2, -0.15) is 25.3 Å². The first-order chi connectivity index (χ1) is 9.84. The van der Waals surface area contributed by atoms with Crippen LogP contribution in [-0.4, -0.2) is 38.9 Å². The highest BCUT2D eigenvalue weighted by molar-refractivity contribution is 8.00. The first-order valence-electron chi connectivity index (χ1n) is 7.43. The van der Waals surface area contributed by atoms with Crippen molar-refractivity contribution in [3.8, 4) is 0 Å². The molecule has 0 rings (SSSR count). The van der Waals surface area contributed by atoms with Gasteiger partial charge in [-0.1, -0.05) is 6.92 Å². The second kappa shape index (κ2) is 10.9. The van der Waals surface area contributed by atoms with Gasteiger partial charge in [0.1, 0.15) is 0 Å². The molecule has 0 aliphatic carbocycles. The minimum absolute atomic E-state index is 0.269. The highest BCUT2D eigenvalue weighted by Crippen LogP contribution is 2.29. The lowest BCUT2D eigenvalue weighted by atomic mass is 10.1. The van der Waals surface area contributed by atoms with Crippen LogP contribution < -0.4 is 0 Å². The Hall–Kier alpha value is 0.267. The molecule has 0 radical (unpaired) electrons. The topological polar surface area (TPSA) is 54.0 Å². The summed E-state index contributed by atoms with van der Waals surface area (Å²) in [4.78, 5) is 12.0. The Kier molecular flexibility index (Phi) is 11.0. The average Bonchev–Trinajstić information content (AvgIpc) is 2.39. The van der Waals surface area contributed by atoms with Crippen LogP contribution >= 0.6 is 25.3 Å². The van der Waals surface area contributed by atoms with E-state index in [1.807, 2.05) is 27.7 Å². The Labute approximate surface area is 140 Å². The smallest absolute Gasteiger partial charge is 0.452 e. The zero-order chi connectivity index (χ0) is 16.4. The summed E-state index contributed by atoms with van der Waals surface area (Å²) in [6.45, 7) is 8.54. The Balaban J connectivity index is 4.45. The number of carbonyl (C=O) groups is 1. The molecule has 0 amide bonds. The van der Waals surface area contributed by atoms with Gasteiger partial charge in [-0.05, 0) is 40.0 Å². The Morgan fingerprint density at radius 1 is 1.00 bits per heavy atom. The maximum absolute atomic E-state index is 12.0. The van der Waals surface area contributed by atoms with Crippen molar-refractivity contribution in [1.29, 1.82) is 0 Å². The summed E-state index contributed by atoms with van der Waals surface area (Å²) in [5.74, 6) is -0.370. The second-order valence-electron chi connectivity index (χ2n) is 4.46. The predicted molar refractivity (Wildman–Crippen MR) is 91.6 cm³/mol. The van der Waals surface area contributed by atoms with Crippen molar-refractivity contribution in [1.82, 2.24) is 0 Å². The van der Waals surface area contributed by atoms with Crippen LogP contribution in [0.1, 0.15) is 53.4 Å². The van der Waals surface area contributed by atoms with Gasteiger partial charge in [0.15, 0.2) is 0 Å². The number of carbonyl (C=O) groups excluding carboxylic acids is 1. The fraction of sp³-hybridized carbons (Fsp3) is 0.923. The van der Waals surface area contributed by atoms with Gasteiger partial charge in [-0.3, -0.25) is 4.79 Å². The lowest BCUT2D eigenvalue weighted by Crippen LogP contribution is -2.50. The number of thiol groups is 2. The SMILES string of the molecule is CCO[Si](OCC)(OCC)OC(=O)CCCC(S)(S)CC. The molecule has 5 nitrogen and oxygen atoms in total. The van der Waals surface area contributed by atoms with E-state index in [2.05, 4.69) is 25.3 Å². The van der Waals surface area contributed by atoms with Crippen molar-refractivity contribution >= 4 is 40.3 Å². The van der Waals surface area contributed by atoms with Gasteiger partial charge in [-0.15, -0.1) is 0 Å². The molecule has 0 aliphatic rings. The van der Waals surface area contributed by atoms with Crippen LogP contribution in [0, 0.1) is 0 Å². The van der Waals surface area contributed by atoms with Gasteiger partial charge in [0.05, 0.1) is 4.08 Å². The van der Waals surface area contributed by atoms with E-state index in [1.165, 1.54) is 0 Å². The van der Waals surface area contributed by atoms with Gasteiger partial charge in [-0.25, -0.2) is 0 Å². The van der Waals surface area contributed by atoms with Crippen LogP contribution in [0.5, 0.6) is 0 Å². The Bertz CT molecular complexity index is 285. The van der Waals surface area contributed by atoms with E-state index in [9.17, 15) is 4.79 Å². The molecule has 8 heteroatoms. The normalized spacial score (nSPS) is 12.5. The lowest BCUT2D eigenvalue weighted by Gasteiger charge is -2.26. The summed E-state index contributed by atoms with van der Waals surface area (Å²) >= 11 is 8.85. The first-order valence-corrected chi connectivity index (χ1v) is 9.95. The van der Waals surface area contributed by atoms with E-state index in [1.54, 1.807) is 0 Å². The van der Waals surface area contributed by atoms with Crippen molar-refractivity contribution in [2.75, 3.05) is 19.8 Å². The molecule has 0 unspecified atom stereocenters. The van der Waals surface area contributed by atoms with Crippen molar-refractivity contribution in [3.05, 3.63) is 0 Å². The second-order valence-corrected chi connectivity index (χ2v) is 8.60. The molecule has 0 aromatic rings. The van der Waals surface area contributed by atoms with Crippen LogP contribution in [0.25, 0.3) is 0 Å². The zero-order valence-corrected chi connectivity index (χ0v) is 16.2. The molecule has 0 saturated carbocycles. The van der Waals surface area contributed by atoms with Crippen molar-refractivity contribution < 1.29 is 22.5 Å². The number of hydrogen-bond donors (Lipinski definition) is 2. The largest absolute Gasteiger partial charge is 0.751 e. The summed E-state index contributed by atoms with van der Waals surface area (Å²) in [6, 6.07) is 0. The van der Waals surface area contributed by atoms with Gasteiger partial charge in [0.2, 0.25) is 0 Å². The van der Waals surface area contributed by atoms with Gasteiger partial charge >= 0.3 is 9.05 Å². The molecular weight excluding hydrogens is 328 g/mol. The molecular formula is C13H28O5S2Si. The molecule has 0 spiro atoms. The van der Waals surface area contributed by atoms with E-state index in [0.717, 1.165) is 12.8 Å². The summed E-state index contributed by atoms with van der Waals surface area (Å²) < 4.78 is 21.5. The van der Waals surface area contributed by atoms with E-state index >= 15 is 0 Å². The van der Waals surface area contributed by atoms with Crippen molar-refractivity contribution in [2.45, 2.75) is 57.5 Å². The highest BCUT2D eigenvalue weighted by atomic mass is 32.2. The summed E-state index contributed by atoms with van der Waals surface area (Å²) in [5, 5.41) is 0. The van der Waals surface area contributed by atoms with Gasteiger partial charge in [0, 0.05) is 26.2 Å². The minimum atomic E-state index is -3.35. The van der Waals surface area contributed by atoms with Crippen LogP contribution in [0.4, 0.5) is 0 Å². The molecule has 0 atom stereocenters. The third-order valence-electron chi connectivity index (χ3n) is 2.73.